The Bertz CT molecular complexity index is 472. The van der Waals surface area contributed by atoms with Crippen LogP contribution in [0.1, 0.15) is 66.7 Å². The molecular formula is C24H38. The molecule has 0 aromatic carbocycles. The van der Waals surface area contributed by atoms with Crippen LogP contribution in [-0.4, -0.2) is 0 Å². The number of rotatable bonds is 10. The zero-order valence-electron chi connectivity index (χ0n) is 16.5. The van der Waals surface area contributed by atoms with Gasteiger partial charge in [-0.2, -0.15) is 0 Å². The minimum Gasteiger partial charge on any atom is -0.0910 e. The zero-order valence-corrected chi connectivity index (χ0v) is 16.5. The Morgan fingerprint density at radius 1 is 1.08 bits per heavy atom. The highest BCUT2D eigenvalue weighted by Gasteiger charge is 2.20. The third kappa shape index (κ3) is 7.07. The summed E-state index contributed by atoms with van der Waals surface area (Å²) in [4.78, 5) is 0. The third-order valence-electron chi connectivity index (χ3n) is 5.05. The van der Waals surface area contributed by atoms with Crippen molar-refractivity contribution in [3.63, 3.8) is 0 Å². The molecular weight excluding hydrogens is 288 g/mol. The number of hydrogen-bond acceptors (Lipinski definition) is 0. The van der Waals surface area contributed by atoms with Crippen molar-refractivity contribution in [2.75, 3.05) is 0 Å². The summed E-state index contributed by atoms with van der Waals surface area (Å²) in [5.41, 5.74) is 1.51. The number of unbranched alkanes of at least 4 members (excludes halogenated alkanes) is 1. The summed E-state index contributed by atoms with van der Waals surface area (Å²) < 4.78 is 0. The van der Waals surface area contributed by atoms with E-state index >= 15 is 0 Å². The normalized spacial score (nSPS) is 24.1. The van der Waals surface area contributed by atoms with Crippen molar-refractivity contribution >= 4 is 0 Å². The molecule has 0 aromatic heterocycles. The van der Waals surface area contributed by atoms with E-state index in [9.17, 15) is 0 Å². The summed E-state index contributed by atoms with van der Waals surface area (Å²) in [6.07, 6.45) is 27.4. The quantitative estimate of drug-likeness (QED) is 0.361. The highest BCUT2D eigenvalue weighted by atomic mass is 14.2. The van der Waals surface area contributed by atoms with E-state index in [1.165, 1.54) is 31.3 Å². The van der Waals surface area contributed by atoms with Crippen LogP contribution in [0.25, 0.3) is 0 Å². The van der Waals surface area contributed by atoms with E-state index in [0.29, 0.717) is 17.8 Å². The van der Waals surface area contributed by atoms with Crippen molar-refractivity contribution in [3.8, 4) is 0 Å². The molecule has 0 fully saturated rings. The predicted octanol–water partition coefficient (Wildman–Crippen LogP) is 7.67. The summed E-state index contributed by atoms with van der Waals surface area (Å²) >= 11 is 0. The second kappa shape index (κ2) is 12.1. The summed E-state index contributed by atoms with van der Waals surface area (Å²) in [5.74, 6) is 2.44. The first-order valence-electron chi connectivity index (χ1n) is 9.97. The average Bonchev–Trinajstić information content (AvgIpc) is 2.59. The van der Waals surface area contributed by atoms with Crippen LogP contribution in [0.3, 0.4) is 0 Å². The fourth-order valence-corrected chi connectivity index (χ4v) is 3.52. The maximum absolute atomic E-state index is 2.49. The van der Waals surface area contributed by atoms with Gasteiger partial charge in [0.25, 0.3) is 0 Å². The molecule has 0 N–H and O–H groups in total. The van der Waals surface area contributed by atoms with Crippen molar-refractivity contribution in [1.29, 1.82) is 0 Å². The van der Waals surface area contributed by atoms with E-state index in [2.05, 4.69) is 89.3 Å². The lowest BCUT2D eigenvalue weighted by Crippen LogP contribution is -2.14. The highest BCUT2D eigenvalue weighted by molar-refractivity contribution is 5.31. The smallest absolute Gasteiger partial charge is 0.00499 e. The Kier molecular flexibility index (Phi) is 10.5. The lowest BCUT2D eigenvalue weighted by atomic mass is 9.79. The lowest BCUT2D eigenvalue weighted by molar-refractivity contribution is 0.386. The molecule has 134 valence electrons. The molecule has 24 heavy (non-hydrogen) atoms. The first-order chi connectivity index (χ1) is 11.7. The van der Waals surface area contributed by atoms with Gasteiger partial charge in [0.2, 0.25) is 0 Å². The Morgan fingerprint density at radius 2 is 1.79 bits per heavy atom. The Morgan fingerprint density at radius 3 is 2.42 bits per heavy atom. The molecule has 0 heteroatoms. The topological polar surface area (TPSA) is 0 Å². The third-order valence-corrected chi connectivity index (χ3v) is 5.05. The molecule has 0 amide bonds. The van der Waals surface area contributed by atoms with Crippen molar-refractivity contribution in [3.05, 3.63) is 60.3 Å². The zero-order chi connectivity index (χ0) is 17.8. The maximum atomic E-state index is 2.49. The van der Waals surface area contributed by atoms with Gasteiger partial charge in [0.05, 0.1) is 0 Å². The van der Waals surface area contributed by atoms with Crippen molar-refractivity contribution in [2.24, 2.45) is 23.7 Å². The van der Waals surface area contributed by atoms with Gasteiger partial charge in [-0.3, -0.25) is 0 Å². The van der Waals surface area contributed by atoms with E-state index in [1.54, 1.807) is 0 Å². The van der Waals surface area contributed by atoms with Crippen molar-refractivity contribution in [2.45, 2.75) is 66.7 Å². The predicted molar refractivity (Wildman–Crippen MR) is 110 cm³/mol. The van der Waals surface area contributed by atoms with Crippen LogP contribution in [0.5, 0.6) is 0 Å². The average molecular weight is 327 g/mol. The summed E-state index contributed by atoms with van der Waals surface area (Å²) in [6.45, 7) is 11.2. The van der Waals surface area contributed by atoms with Gasteiger partial charge in [-0.1, -0.05) is 100 Å². The second-order valence-electron chi connectivity index (χ2n) is 7.13. The molecule has 0 heterocycles. The first kappa shape index (κ1) is 20.7. The number of allylic oxidation sites excluding steroid dienone is 10. The monoisotopic (exact) mass is 326 g/mol. The van der Waals surface area contributed by atoms with E-state index in [1.807, 2.05) is 0 Å². The fraction of sp³-hybridized carbons (Fsp3) is 0.583. The van der Waals surface area contributed by atoms with Crippen LogP contribution >= 0.6 is 0 Å². The molecule has 4 atom stereocenters. The molecule has 0 aromatic rings. The summed E-state index contributed by atoms with van der Waals surface area (Å²) in [5, 5.41) is 0. The van der Waals surface area contributed by atoms with E-state index in [4.69, 9.17) is 0 Å². The van der Waals surface area contributed by atoms with Gasteiger partial charge < -0.3 is 0 Å². The van der Waals surface area contributed by atoms with Gasteiger partial charge in [0.15, 0.2) is 0 Å². The summed E-state index contributed by atoms with van der Waals surface area (Å²) in [7, 11) is 0. The molecule has 0 bridgehead atoms. The van der Waals surface area contributed by atoms with Crippen molar-refractivity contribution < 1.29 is 0 Å². The highest BCUT2D eigenvalue weighted by Crippen LogP contribution is 2.32. The Balaban J connectivity index is 2.86. The van der Waals surface area contributed by atoms with Gasteiger partial charge in [0, 0.05) is 11.8 Å². The molecule has 1 aliphatic carbocycles. The van der Waals surface area contributed by atoms with Crippen LogP contribution < -0.4 is 0 Å². The first-order valence-corrected chi connectivity index (χ1v) is 9.97. The molecule has 0 aliphatic heterocycles. The molecule has 0 nitrogen and oxygen atoms in total. The van der Waals surface area contributed by atoms with Crippen LogP contribution in [0.2, 0.25) is 0 Å². The SMILES string of the molecule is CC=CC1C=CC(CC(C=CCC)C(C)CCCC)=CC1C=CC. The molecule has 4 unspecified atom stereocenters. The standard InChI is InChI=1S/C24H38/c1-6-10-14-20(5)23(15-11-7-2)18-21-16-17-22(12-8-3)24(19-21)13-9-4/h8-9,11-13,15-17,19-20,22-24H,6-7,10,14,18H2,1-5H3. The molecule has 0 radical (unpaired) electrons. The van der Waals surface area contributed by atoms with E-state index in [0.717, 1.165) is 12.3 Å². The van der Waals surface area contributed by atoms with Gasteiger partial charge in [0.1, 0.15) is 0 Å². The minimum absolute atomic E-state index is 0.507. The lowest BCUT2D eigenvalue weighted by Gasteiger charge is -2.26. The van der Waals surface area contributed by atoms with Gasteiger partial charge in [-0.25, -0.2) is 0 Å². The van der Waals surface area contributed by atoms with Gasteiger partial charge in [-0.15, -0.1) is 0 Å². The number of hydrogen-bond donors (Lipinski definition) is 0. The Labute approximate surface area is 151 Å². The van der Waals surface area contributed by atoms with Gasteiger partial charge >= 0.3 is 0 Å². The van der Waals surface area contributed by atoms with Crippen molar-refractivity contribution in [1.82, 2.24) is 0 Å². The van der Waals surface area contributed by atoms with E-state index in [-0.39, 0.29) is 0 Å². The van der Waals surface area contributed by atoms with E-state index < -0.39 is 0 Å². The summed E-state index contributed by atoms with van der Waals surface area (Å²) in [6, 6.07) is 0. The molecule has 0 saturated carbocycles. The fourth-order valence-electron chi connectivity index (χ4n) is 3.52. The maximum Gasteiger partial charge on any atom is 0.00499 e. The molecule has 0 spiro atoms. The molecule has 1 rings (SSSR count). The van der Waals surface area contributed by atoms with Crippen LogP contribution in [0, 0.1) is 23.7 Å². The minimum atomic E-state index is 0.507. The molecule has 0 saturated heterocycles. The van der Waals surface area contributed by atoms with Crippen LogP contribution in [0.15, 0.2) is 60.3 Å². The van der Waals surface area contributed by atoms with Crippen LogP contribution in [0.4, 0.5) is 0 Å². The second-order valence-corrected chi connectivity index (χ2v) is 7.13. The van der Waals surface area contributed by atoms with Crippen LogP contribution in [-0.2, 0) is 0 Å². The molecule has 1 aliphatic rings. The largest absolute Gasteiger partial charge is 0.0910 e. The van der Waals surface area contributed by atoms with Gasteiger partial charge in [-0.05, 0) is 38.5 Å². The Hall–Kier alpha value is -1.30.